The second-order valence-corrected chi connectivity index (χ2v) is 8.65. The van der Waals surface area contributed by atoms with Crippen molar-refractivity contribution in [2.45, 2.75) is 76.7 Å². The minimum absolute atomic E-state index is 0.300. The Bertz CT molecular complexity index is 702. The molecule has 0 bridgehead atoms. The van der Waals surface area contributed by atoms with Gasteiger partial charge in [-0.15, -0.1) is 11.3 Å². The topological polar surface area (TPSA) is 46.6 Å². The van der Waals surface area contributed by atoms with E-state index in [0.29, 0.717) is 30.7 Å². The van der Waals surface area contributed by atoms with Crippen molar-refractivity contribution in [3.05, 3.63) is 34.0 Å². The number of methoxy groups -OCH3 is 1. The molecule has 0 saturated carbocycles. The Morgan fingerprint density at radius 3 is 2.79 bits per heavy atom. The van der Waals surface area contributed by atoms with Crippen molar-refractivity contribution in [2.24, 2.45) is 0 Å². The molecule has 0 spiro atoms. The normalized spacial score (nSPS) is 18.7. The highest BCUT2D eigenvalue weighted by Crippen LogP contribution is 2.35. The molecule has 1 aliphatic rings. The van der Waals surface area contributed by atoms with Crippen LogP contribution in [0.4, 0.5) is 8.78 Å². The molecule has 1 fully saturated rings. The van der Waals surface area contributed by atoms with Crippen LogP contribution in [0.3, 0.4) is 0 Å². The Labute approximate surface area is 175 Å². The quantitative estimate of drug-likeness (QED) is 0.247. The lowest BCUT2D eigenvalue weighted by Crippen LogP contribution is -2.37. The van der Waals surface area contributed by atoms with Crippen molar-refractivity contribution < 1.29 is 23.1 Å². The Balaban J connectivity index is 1.83. The zero-order valence-electron chi connectivity index (χ0n) is 17.3. The summed E-state index contributed by atoms with van der Waals surface area (Å²) in [5.41, 5.74) is 0. The number of carbonyl (C=O) groups excluding carboxylic acids is 2. The standard InChI is InChI=1S/C22H31F2NO3S/c1-3-4-5-6-7-8-9-11-17-16-22(23,24)21(27)25(17)15-10-12-18-13-14-19(29-18)20(26)28-2/h8-9,13-14,17H,3-7,10-12,15-16H2,1-2H3/b9-8+. The third-order valence-electron chi connectivity index (χ3n) is 5.18. The molecule has 4 nitrogen and oxygen atoms in total. The molecule has 7 heteroatoms. The van der Waals surface area contributed by atoms with E-state index in [2.05, 4.69) is 17.7 Å². The average Bonchev–Trinajstić information content (AvgIpc) is 3.25. The van der Waals surface area contributed by atoms with Gasteiger partial charge in [-0.1, -0.05) is 38.3 Å². The number of allylic oxidation sites excluding steroid dienone is 1. The van der Waals surface area contributed by atoms with E-state index in [0.717, 1.165) is 17.7 Å². The number of alkyl halides is 2. The molecule has 0 aliphatic carbocycles. The molecular formula is C22H31F2NO3S. The molecule has 162 valence electrons. The summed E-state index contributed by atoms with van der Waals surface area (Å²) in [6.07, 6.45) is 10.9. The smallest absolute Gasteiger partial charge is 0.348 e. The fourth-order valence-electron chi connectivity index (χ4n) is 3.57. The van der Waals surface area contributed by atoms with E-state index in [1.807, 2.05) is 12.1 Å². The SMILES string of the molecule is CCCCCC/C=C/CC1CC(F)(F)C(=O)N1CCCc1ccc(C(=O)OC)s1. The van der Waals surface area contributed by atoms with Crippen molar-refractivity contribution in [1.82, 2.24) is 4.90 Å². The lowest BCUT2D eigenvalue weighted by atomic mass is 10.1. The van der Waals surface area contributed by atoms with E-state index in [-0.39, 0.29) is 5.97 Å². The summed E-state index contributed by atoms with van der Waals surface area (Å²) in [6.45, 7) is 2.47. The van der Waals surface area contributed by atoms with Crippen molar-refractivity contribution in [3.63, 3.8) is 0 Å². The van der Waals surface area contributed by atoms with Crippen molar-refractivity contribution in [1.29, 1.82) is 0 Å². The molecule has 29 heavy (non-hydrogen) atoms. The molecule has 1 atom stereocenters. The van der Waals surface area contributed by atoms with Crippen LogP contribution in [-0.2, 0) is 16.0 Å². The van der Waals surface area contributed by atoms with E-state index >= 15 is 0 Å². The van der Waals surface area contributed by atoms with Gasteiger partial charge in [0.25, 0.3) is 5.91 Å². The maximum absolute atomic E-state index is 14.0. The van der Waals surface area contributed by atoms with Gasteiger partial charge < -0.3 is 9.64 Å². The first kappa shape index (κ1) is 23.5. The molecule has 0 N–H and O–H groups in total. The van der Waals surface area contributed by atoms with Crippen LogP contribution in [0.2, 0.25) is 0 Å². The van der Waals surface area contributed by atoms with E-state index in [1.54, 1.807) is 6.07 Å². The van der Waals surface area contributed by atoms with Crippen LogP contribution in [-0.4, -0.2) is 42.4 Å². The number of rotatable bonds is 12. The minimum Gasteiger partial charge on any atom is -0.465 e. The summed E-state index contributed by atoms with van der Waals surface area (Å²) in [6, 6.07) is 3.10. The molecular weight excluding hydrogens is 396 g/mol. The number of halogens is 2. The van der Waals surface area contributed by atoms with Crippen LogP contribution in [0.5, 0.6) is 0 Å². The highest BCUT2D eigenvalue weighted by atomic mass is 32.1. The van der Waals surface area contributed by atoms with Crippen molar-refractivity contribution >= 4 is 23.2 Å². The molecule has 1 saturated heterocycles. The average molecular weight is 428 g/mol. The lowest BCUT2D eigenvalue weighted by molar-refractivity contribution is -0.148. The van der Waals surface area contributed by atoms with Crippen LogP contribution >= 0.6 is 11.3 Å². The van der Waals surface area contributed by atoms with Gasteiger partial charge in [0.05, 0.1) is 7.11 Å². The zero-order chi connectivity index (χ0) is 21.3. The van der Waals surface area contributed by atoms with Crippen LogP contribution in [0, 0.1) is 0 Å². The molecule has 2 heterocycles. The molecule has 1 aromatic heterocycles. The van der Waals surface area contributed by atoms with Crippen LogP contribution in [0.25, 0.3) is 0 Å². The molecule has 1 amide bonds. The number of aryl methyl sites for hydroxylation is 1. The van der Waals surface area contributed by atoms with Crippen LogP contribution in [0.1, 0.15) is 72.8 Å². The monoisotopic (exact) mass is 427 g/mol. The first-order chi connectivity index (χ1) is 13.9. The second-order valence-electron chi connectivity index (χ2n) is 7.48. The summed E-state index contributed by atoms with van der Waals surface area (Å²) in [7, 11) is 1.33. The Hall–Kier alpha value is -1.76. The summed E-state index contributed by atoms with van der Waals surface area (Å²) >= 11 is 1.34. The molecule has 1 aliphatic heterocycles. The van der Waals surface area contributed by atoms with Gasteiger partial charge in [-0.3, -0.25) is 4.79 Å². The number of hydrogen-bond donors (Lipinski definition) is 0. The summed E-state index contributed by atoms with van der Waals surface area (Å²) < 4.78 is 32.6. The van der Waals surface area contributed by atoms with E-state index in [4.69, 9.17) is 0 Å². The predicted octanol–water partition coefficient (Wildman–Crippen LogP) is 5.62. The van der Waals surface area contributed by atoms with Gasteiger partial charge in [-0.25, -0.2) is 4.79 Å². The minimum atomic E-state index is -3.26. The van der Waals surface area contributed by atoms with E-state index < -0.39 is 24.3 Å². The largest absolute Gasteiger partial charge is 0.465 e. The number of esters is 1. The van der Waals surface area contributed by atoms with Crippen LogP contribution < -0.4 is 0 Å². The predicted molar refractivity (Wildman–Crippen MR) is 112 cm³/mol. The molecule has 0 radical (unpaired) electrons. The maximum Gasteiger partial charge on any atom is 0.348 e. The van der Waals surface area contributed by atoms with Gasteiger partial charge in [0, 0.05) is 23.9 Å². The molecule has 1 unspecified atom stereocenters. The van der Waals surface area contributed by atoms with Gasteiger partial charge in [-0.05, 0) is 44.2 Å². The summed E-state index contributed by atoms with van der Waals surface area (Å²) in [5.74, 6) is -4.70. The first-order valence-electron chi connectivity index (χ1n) is 10.4. The molecule has 1 aromatic rings. The van der Waals surface area contributed by atoms with E-state index in [1.165, 1.54) is 42.6 Å². The number of likely N-dealkylation sites (tertiary alicyclic amines) is 1. The number of ether oxygens (including phenoxy) is 1. The Morgan fingerprint density at radius 1 is 1.28 bits per heavy atom. The summed E-state index contributed by atoms with van der Waals surface area (Å²) in [4.78, 5) is 26.5. The fraction of sp³-hybridized carbons (Fsp3) is 0.636. The van der Waals surface area contributed by atoms with Gasteiger partial charge in [0.2, 0.25) is 0 Å². The van der Waals surface area contributed by atoms with Crippen molar-refractivity contribution in [3.8, 4) is 0 Å². The van der Waals surface area contributed by atoms with Crippen molar-refractivity contribution in [2.75, 3.05) is 13.7 Å². The highest BCUT2D eigenvalue weighted by Gasteiger charge is 2.52. The van der Waals surface area contributed by atoms with Gasteiger partial charge in [0.15, 0.2) is 0 Å². The number of nitrogens with zero attached hydrogens (tertiary/aromatic N) is 1. The number of thiophene rings is 1. The maximum atomic E-state index is 14.0. The zero-order valence-corrected chi connectivity index (χ0v) is 18.1. The third-order valence-corrected chi connectivity index (χ3v) is 6.30. The second kappa shape index (κ2) is 11.4. The Kier molecular flexibility index (Phi) is 9.27. The van der Waals surface area contributed by atoms with Crippen LogP contribution in [0.15, 0.2) is 24.3 Å². The lowest BCUT2D eigenvalue weighted by Gasteiger charge is -2.23. The first-order valence-corrected chi connectivity index (χ1v) is 11.2. The fourth-order valence-corrected chi connectivity index (χ4v) is 4.54. The number of unbranched alkanes of at least 4 members (excludes halogenated alkanes) is 4. The highest BCUT2D eigenvalue weighted by molar-refractivity contribution is 7.13. The number of amides is 1. The summed E-state index contributed by atoms with van der Waals surface area (Å²) in [5, 5.41) is 0. The number of carbonyl (C=O) groups is 2. The third kappa shape index (κ3) is 6.91. The van der Waals surface area contributed by atoms with Gasteiger partial charge in [0.1, 0.15) is 4.88 Å². The number of hydrogen-bond acceptors (Lipinski definition) is 4. The van der Waals surface area contributed by atoms with Gasteiger partial charge in [-0.2, -0.15) is 8.78 Å². The molecule has 2 rings (SSSR count). The Morgan fingerprint density at radius 2 is 2.07 bits per heavy atom. The van der Waals surface area contributed by atoms with Gasteiger partial charge >= 0.3 is 11.9 Å². The van der Waals surface area contributed by atoms with E-state index in [9.17, 15) is 18.4 Å². The molecule has 0 aromatic carbocycles.